The molecule has 0 spiro atoms. The number of carbonyl (C=O) groups is 1. The van der Waals surface area contributed by atoms with Gasteiger partial charge in [-0.05, 0) is 26.3 Å². The van der Waals surface area contributed by atoms with E-state index in [1.165, 1.54) is 7.11 Å². The minimum absolute atomic E-state index is 0.0899. The van der Waals surface area contributed by atoms with Crippen molar-refractivity contribution in [1.29, 1.82) is 0 Å². The van der Waals surface area contributed by atoms with Gasteiger partial charge in [0.1, 0.15) is 6.10 Å². The van der Waals surface area contributed by atoms with Gasteiger partial charge in [0.2, 0.25) is 0 Å². The number of nitrogens with one attached hydrogen (secondary N) is 1. The van der Waals surface area contributed by atoms with Gasteiger partial charge in [-0.2, -0.15) is 0 Å². The van der Waals surface area contributed by atoms with Crippen LogP contribution >= 0.6 is 0 Å². The number of hydrogen-bond acceptors (Lipinski definition) is 5. The molecule has 1 aromatic rings. The van der Waals surface area contributed by atoms with Crippen LogP contribution in [0.4, 0.5) is 0 Å². The van der Waals surface area contributed by atoms with Crippen LogP contribution in [0, 0.1) is 0 Å². The monoisotopic (exact) mass is 307 g/mol. The minimum Gasteiger partial charge on any atom is -0.469 e. The smallest absolute Gasteiger partial charge is 0.307 e. The molecule has 0 amide bonds. The number of benzene rings is 1. The highest BCUT2D eigenvalue weighted by Gasteiger charge is 2.43. The van der Waals surface area contributed by atoms with E-state index < -0.39 is 5.79 Å². The van der Waals surface area contributed by atoms with Crippen LogP contribution < -0.4 is 5.32 Å². The van der Waals surface area contributed by atoms with E-state index in [2.05, 4.69) is 5.32 Å². The SMILES string of the molecule is COC(=O)C[C@@H](NCc1ccccc1)[C@H]1OC(C)(C)O[C@H]1C. The molecule has 0 saturated carbocycles. The molecule has 1 fully saturated rings. The van der Waals surface area contributed by atoms with Gasteiger partial charge in [-0.1, -0.05) is 30.3 Å². The first kappa shape index (κ1) is 16.9. The highest BCUT2D eigenvalue weighted by Crippen LogP contribution is 2.30. The van der Waals surface area contributed by atoms with Crippen LogP contribution in [0.2, 0.25) is 0 Å². The van der Waals surface area contributed by atoms with Crippen molar-refractivity contribution in [2.24, 2.45) is 0 Å². The van der Waals surface area contributed by atoms with Gasteiger partial charge >= 0.3 is 5.97 Å². The lowest BCUT2D eigenvalue weighted by Gasteiger charge is -2.26. The van der Waals surface area contributed by atoms with Gasteiger partial charge in [-0.25, -0.2) is 0 Å². The maximum absolute atomic E-state index is 11.7. The molecule has 3 atom stereocenters. The van der Waals surface area contributed by atoms with Crippen LogP contribution in [-0.2, 0) is 25.5 Å². The van der Waals surface area contributed by atoms with Crippen molar-refractivity contribution in [1.82, 2.24) is 5.32 Å². The van der Waals surface area contributed by atoms with Crippen molar-refractivity contribution in [2.45, 2.75) is 57.8 Å². The van der Waals surface area contributed by atoms with E-state index in [-0.39, 0.29) is 30.6 Å². The fraction of sp³-hybridized carbons (Fsp3) is 0.588. The second-order valence-corrected chi connectivity index (χ2v) is 6.06. The van der Waals surface area contributed by atoms with Gasteiger partial charge in [0.15, 0.2) is 5.79 Å². The first-order valence-electron chi connectivity index (χ1n) is 7.61. The third-order valence-corrected chi connectivity index (χ3v) is 3.77. The molecular formula is C17H25NO4. The summed E-state index contributed by atoms with van der Waals surface area (Å²) < 4.78 is 16.6. The van der Waals surface area contributed by atoms with Crippen molar-refractivity contribution in [3.05, 3.63) is 35.9 Å². The van der Waals surface area contributed by atoms with Gasteiger partial charge in [-0.3, -0.25) is 4.79 Å². The molecule has 0 aromatic heterocycles. The molecule has 1 saturated heterocycles. The predicted molar refractivity (Wildman–Crippen MR) is 83.2 cm³/mol. The summed E-state index contributed by atoms with van der Waals surface area (Å²) in [5, 5.41) is 3.41. The summed E-state index contributed by atoms with van der Waals surface area (Å²) in [6.07, 6.45) is -0.0386. The van der Waals surface area contributed by atoms with Crippen LogP contribution in [0.1, 0.15) is 32.8 Å². The van der Waals surface area contributed by atoms with Crippen molar-refractivity contribution in [3.63, 3.8) is 0 Å². The number of rotatable bonds is 6. The molecule has 5 nitrogen and oxygen atoms in total. The number of esters is 1. The fourth-order valence-corrected chi connectivity index (χ4v) is 2.79. The Bertz CT molecular complexity index is 489. The van der Waals surface area contributed by atoms with Gasteiger partial charge in [0, 0.05) is 12.6 Å². The Labute approximate surface area is 131 Å². The summed E-state index contributed by atoms with van der Waals surface area (Å²) in [4.78, 5) is 11.7. The highest BCUT2D eigenvalue weighted by atomic mass is 16.8. The molecule has 0 unspecified atom stereocenters. The maximum atomic E-state index is 11.7. The molecule has 0 bridgehead atoms. The quantitative estimate of drug-likeness (QED) is 0.817. The molecule has 2 rings (SSSR count). The summed E-state index contributed by atoms with van der Waals surface area (Å²) in [5.74, 6) is -0.890. The summed E-state index contributed by atoms with van der Waals surface area (Å²) in [6, 6.07) is 9.89. The van der Waals surface area contributed by atoms with E-state index in [0.29, 0.717) is 6.54 Å². The van der Waals surface area contributed by atoms with E-state index in [9.17, 15) is 4.79 Å². The summed E-state index contributed by atoms with van der Waals surface area (Å²) in [7, 11) is 1.40. The van der Waals surface area contributed by atoms with Gasteiger partial charge in [0.05, 0.1) is 19.6 Å². The average molecular weight is 307 g/mol. The summed E-state index contributed by atoms with van der Waals surface area (Å²) in [6.45, 7) is 6.40. The van der Waals surface area contributed by atoms with Crippen LogP contribution in [-0.4, -0.2) is 37.1 Å². The molecular weight excluding hydrogens is 282 g/mol. The predicted octanol–water partition coefficient (Wildman–Crippen LogP) is 2.25. The fourth-order valence-electron chi connectivity index (χ4n) is 2.79. The molecule has 1 aromatic carbocycles. The molecule has 1 heterocycles. The van der Waals surface area contributed by atoms with Gasteiger partial charge in [0.25, 0.3) is 0 Å². The second-order valence-electron chi connectivity index (χ2n) is 6.06. The number of carbonyl (C=O) groups excluding carboxylic acids is 1. The van der Waals surface area contributed by atoms with Gasteiger partial charge in [-0.15, -0.1) is 0 Å². The second kappa shape index (κ2) is 7.22. The van der Waals surface area contributed by atoms with E-state index in [0.717, 1.165) is 5.56 Å². The normalized spacial score (nSPS) is 24.9. The first-order chi connectivity index (χ1) is 10.4. The number of methoxy groups -OCH3 is 1. The lowest BCUT2D eigenvalue weighted by atomic mass is 10.0. The Hall–Kier alpha value is -1.43. The lowest BCUT2D eigenvalue weighted by molar-refractivity contribution is -0.152. The molecule has 1 aliphatic rings. The molecule has 1 N–H and O–H groups in total. The maximum Gasteiger partial charge on any atom is 0.307 e. The van der Waals surface area contributed by atoms with Crippen molar-refractivity contribution in [3.8, 4) is 0 Å². The first-order valence-corrected chi connectivity index (χ1v) is 7.61. The molecule has 1 aliphatic heterocycles. The third kappa shape index (κ3) is 4.53. The third-order valence-electron chi connectivity index (χ3n) is 3.77. The molecule has 5 heteroatoms. The van der Waals surface area contributed by atoms with Crippen molar-refractivity contribution in [2.75, 3.05) is 7.11 Å². The van der Waals surface area contributed by atoms with Crippen LogP contribution in [0.3, 0.4) is 0 Å². The topological polar surface area (TPSA) is 56.8 Å². The van der Waals surface area contributed by atoms with E-state index >= 15 is 0 Å². The van der Waals surface area contributed by atoms with Crippen molar-refractivity contribution < 1.29 is 19.0 Å². The van der Waals surface area contributed by atoms with Gasteiger partial charge < -0.3 is 19.5 Å². The Morgan fingerprint density at radius 2 is 2.00 bits per heavy atom. The lowest BCUT2D eigenvalue weighted by Crippen LogP contribution is -2.45. The molecule has 0 aliphatic carbocycles. The Balaban J connectivity index is 2.04. The Morgan fingerprint density at radius 3 is 2.55 bits per heavy atom. The zero-order chi connectivity index (χ0) is 16.2. The number of hydrogen-bond donors (Lipinski definition) is 1. The van der Waals surface area contributed by atoms with Crippen LogP contribution in [0.25, 0.3) is 0 Å². The molecule has 122 valence electrons. The standard InChI is InChI=1S/C17H25NO4/c1-12-16(22-17(2,3)21-12)14(10-15(19)20-4)18-11-13-8-6-5-7-9-13/h5-9,12,14,16,18H,10-11H2,1-4H3/t12-,14+,16-/m0/s1. The minimum atomic E-state index is -0.632. The zero-order valence-corrected chi connectivity index (χ0v) is 13.7. The number of ether oxygens (including phenoxy) is 3. The van der Waals surface area contributed by atoms with E-state index in [1.54, 1.807) is 0 Å². The van der Waals surface area contributed by atoms with Crippen LogP contribution in [0.5, 0.6) is 0 Å². The van der Waals surface area contributed by atoms with Crippen molar-refractivity contribution >= 4 is 5.97 Å². The Morgan fingerprint density at radius 1 is 1.32 bits per heavy atom. The summed E-state index contributed by atoms with van der Waals surface area (Å²) >= 11 is 0. The summed E-state index contributed by atoms with van der Waals surface area (Å²) in [5.41, 5.74) is 1.16. The highest BCUT2D eigenvalue weighted by molar-refractivity contribution is 5.70. The van der Waals surface area contributed by atoms with E-state index in [4.69, 9.17) is 14.2 Å². The Kier molecular flexibility index (Phi) is 5.56. The zero-order valence-electron chi connectivity index (χ0n) is 13.7. The van der Waals surface area contributed by atoms with E-state index in [1.807, 2.05) is 51.1 Å². The average Bonchev–Trinajstić information content (AvgIpc) is 2.77. The largest absolute Gasteiger partial charge is 0.469 e. The van der Waals surface area contributed by atoms with Crippen LogP contribution in [0.15, 0.2) is 30.3 Å². The molecule has 22 heavy (non-hydrogen) atoms. The molecule has 0 radical (unpaired) electrons.